The van der Waals surface area contributed by atoms with E-state index in [1.165, 1.54) is 24.5 Å². The maximum absolute atomic E-state index is 12.6. The smallest absolute Gasteiger partial charge is 0.262 e. The summed E-state index contributed by atoms with van der Waals surface area (Å²) in [7, 11) is -3.72. The molecule has 1 aliphatic rings. The molecule has 0 saturated heterocycles. The molecule has 9 heteroatoms. The summed E-state index contributed by atoms with van der Waals surface area (Å²) in [6, 6.07) is 15.5. The number of carbonyl (C=O) groups is 1. The molecule has 0 bridgehead atoms. The molecule has 2 N–H and O–H groups in total. The summed E-state index contributed by atoms with van der Waals surface area (Å²) < 4.78 is 27.8. The minimum atomic E-state index is -3.72. The molecule has 3 aromatic rings. The van der Waals surface area contributed by atoms with Gasteiger partial charge in [-0.3, -0.25) is 14.5 Å². The lowest BCUT2D eigenvalue weighted by Crippen LogP contribution is -2.30. The van der Waals surface area contributed by atoms with Crippen LogP contribution in [0, 0.1) is 0 Å². The van der Waals surface area contributed by atoms with Crippen LogP contribution in [0.1, 0.15) is 36.0 Å². The third-order valence-electron chi connectivity index (χ3n) is 5.00. The van der Waals surface area contributed by atoms with Crippen LogP contribution in [0.2, 0.25) is 0 Å². The summed E-state index contributed by atoms with van der Waals surface area (Å²) in [5.41, 5.74) is 1.63. The predicted octanol–water partition coefficient (Wildman–Crippen LogP) is 3.65. The molecule has 0 radical (unpaired) electrons. The summed E-state index contributed by atoms with van der Waals surface area (Å²) in [6.07, 6.45) is 6.48. The van der Waals surface area contributed by atoms with Gasteiger partial charge >= 0.3 is 0 Å². The molecule has 2 heterocycles. The van der Waals surface area contributed by atoms with E-state index in [0.29, 0.717) is 35.9 Å². The summed E-state index contributed by atoms with van der Waals surface area (Å²) in [5, 5.41) is 2.73. The van der Waals surface area contributed by atoms with Crippen LogP contribution in [-0.4, -0.2) is 36.7 Å². The van der Waals surface area contributed by atoms with Crippen LogP contribution in [0.25, 0.3) is 11.4 Å². The van der Waals surface area contributed by atoms with Crippen molar-refractivity contribution in [1.29, 1.82) is 0 Å². The maximum Gasteiger partial charge on any atom is 0.262 e. The third-order valence-corrected chi connectivity index (χ3v) is 6.39. The highest BCUT2D eigenvalue weighted by Gasteiger charge is 2.17. The van der Waals surface area contributed by atoms with E-state index in [0.717, 1.165) is 24.8 Å². The van der Waals surface area contributed by atoms with E-state index in [1.807, 2.05) is 30.3 Å². The fourth-order valence-corrected chi connectivity index (χ4v) is 4.36. The van der Waals surface area contributed by atoms with Crippen molar-refractivity contribution >= 4 is 27.5 Å². The topological polar surface area (TPSA) is 113 Å². The molecule has 4 rings (SSSR count). The van der Waals surface area contributed by atoms with Crippen molar-refractivity contribution in [2.75, 3.05) is 11.9 Å². The molecule has 0 saturated carbocycles. The molecule has 8 nitrogen and oxygen atoms in total. The summed E-state index contributed by atoms with van der Waals surface area (Å²) in [5.74, 6) is 0.646. The lowest BCUT2D eigenvalue weighted by Gasteiger charge is -2.10. The number of benzene rings is 2. The van der Waals surface area contributed by atoms with Crippen molar-refractivity contribution < 1.29 is 13.2 Å². The molecule has 0 spiro atoms. The van der Waals surface area contributed by atoms with Crippen LogP contribution in [-0.2, 0) is 10.0 Å². The molecule has 32 heavy (non-hydrogen) atoms. The summed E-state index contributed by atoms with van der Waals surface area (Å²) >= 11 is 0. The van der Waals surface area contributed by atoms with Crippen LogP contribution in [0.3, 0.4) is 0 Å². The average molecular weight is 450 g/mol. The van der Waals surface area contributed by atoms with Gasteiger partial charge in [-0.2, -0.15) is 0 Å². The highest BCUT2D eigenvalue weighted by Crippen LogP contribution is 2.17. The number of aromatic nitrogens is 2. The lowest BCUT2D eigenvalue weighted by molar-refractivity contribution is 0.102. The van der Waals surface area contributed by atoms with Gasteiger partial charge in [-0.15, -0.1) is 0 Å². The number of carbonyl (C=O) groups excluding carboxylic acids is 1. The number of anilines is 1. The van der Waals surface area contributed by atoms with Gasteiger partial charge in [0.25, 0.3) is 15.9 Å². The second kappa shape index (κ2) is 9.69. The number of hydrogen-bond donors (Lipinski definition) is 2. The second-order valence-corrected chi connectivity index (χ2v) is 9.07. The van der Waals surface area contributed by atoms with Gasteiger partial charge in [-0.25, -0.2) is 18.4 Å². The first kappa shape index (κ1) is 21.6. The normalized spacial score (nSPS) is 14.2. The van der Waals surface area contributed by atoms with Gasteiger partial charge in [-0.1, -0.05) is 36.8 Å². The zero-order valence-corrected chi connectivity index (χ0v) is 18.2. The molecule has 0 atom stereocenters. The fourth-order valence-electron chi connectivity index (χ4n) is 3.27. The first-order valence-electron chi connectivity index (χ1n) is 10.4. The molecular weight excluding hydrogens is 426 g/mol. The van der Waals surface area contributed by atoms with Crippen molar-refractivity contribution in [3.63, 3.8) is 0 Å². The van der Waals surface area contributed by atoms with Crippen molar-refractivity contribution in [2.45, 2.75) is 30.6 Å². The van der Waals surface area contributed by atoms with Gasteiger partial charge in [-0.05, 0) is 37.1 Å². The highest BCUT2D eigenvalue weighted by molar-refractivity contribution is 7.90. The molecule has 0 fully saturated rings. The van der Waals surface area contributed by atoms with E-state index in [-0.39, 0.29) is 10.8 Å². The SMILES string of the molecule is O=C(Nc1ccc(S(=O)(=O)NC2=NCCCCC2)cc1)c1cnc(-c2ccccc2)nc1. The van der Waals surface area contributed by atoms with Crippen molar-refractivity contribution in [3.05, 3.63) is 72.6 Å². The van der Waals surface area contributed by atoms with Gasteiger partial charge < -0.3 is 5.32 Å². The van der Waals surface area contributed by atoms with E-state index >= 15 is 0 Å². The van der Waals surface area contributed by atoms with Crippen LogP contribution >= 0.6 is 0 Å². The first-order valence-corrected chi connectivity index (χ1v) is 11.8. The van der Waals surface area contributed by atoms with E-state index in [9.17, 15) is 13.2 Å². The Morgan fingerprint density at radius 2 is 1.59 bits per heavy atom. The monoisotopic (exact) mass is 449 g/mol. The quantitative estimate of drug-likeness (QED) is 0.617. The molecule has 0 unspecified atom stereocenters. The van der Waals surface area contributed by atoms with E-state index < -0.39 is 10.0 Å². The van der Waals surface area contributed by atoms with E-state index in [4.69, 9.17) is 0 Å². The summed E-state index contributed by atoms with van der Waals surface area (Å²) in [4.78, 5) is 25.4. The Kier molecular flexibility index (Phi) is 6.55. The van der Waals surface area contributed by atoms with Gasteiger partial charge in [0.15, 0.2) is 5.82 Å². The Hall–Kier alpha value is -3.59. The van der Waals surface area contributed by atoms with Gasteiger partial charge in [0.2, 0.25) is 0 Å². The number of amidine groups is 1. The zero-order valence-electron chi connectivity index (χ0n) is 17.4. The minimum Gasteiger partial charge on any atom is -0.322 e. The predicted molar refractivity (Wildman–Crippen MR) is 123 cm³/mol. The molecule has 1 aromatic heterocycles. The van der Waals surface area contributed by atoms with E-state index in [2.05, 4.69) is 25.0 Å². The minimum absolute atomic E-state index is 0.109. The van der Waals surface area contributed by atoms with Crippen molar-refractivity contribution in [2.24, 2.45) is 4.99 Å². The Bertz CT molecular complexity index is 1210. The number of nitrogens with zero attached hydrogens (tertiary/aromatic N) is 3. The maximum atomic E-state index is 12.6. The molecule has 0 aliphatic carbocycles. The summed E-state index contributed by atoms with van der Waals surface area (Å²) in [6.45, 7) is 0.638. The third kappa shape index (κ3) is 5.36. The molecule has 1 amide bonds. The Morgan fingerprint density at radius 1 is 0.875 bits per heavy atom. The largest absolute Gasteiger partial charge is 0.322 e. The standard InChI is InChI=1S/C23H23N5O3S/c29-23(18-15-25-22(26-16-18)17-7-3-1-4-8-17)27-19-10-12-20(13-11-19)32(30,31)28-21-9-5-2-6-14-24-21/h1,3-4,7-8,10-13,15-16H,2,5-6,9,14H2,(H,24,28)(H,27,29). The number of amides is 1. The highest BCUT2D eigenvalue weighted by atomic mass is 32.2. The van der Waals surface area contributed by atoms with Gasteiger partial charge in [0, 0.05) is 36.6 Å². The molecule has 164 valence electrons. The second-order valence-electron chi connectivity index (χ2n) is 7.38. The van der Waals surface area contributed by atoms with Crippen molar-refractivity contribution in [3.8, 4) is 11.4 Å². The van der Waals surface area contributed by atoms with Crippen LogP contribution in [0.4, 0.5) is 5.69 Å². The average Bonchev–Trinajstić information content (AvgIpc) is 3.08. The first-order chi connectivity index (χ1) is 15.5. The Morgan fingerprint density at radius 3 is 2.31 bits per heavy atom. The molecule has 2 aromatic carbocycles. The number of rotatable bonds is 5. The van der Waals surface area contributed by atoms with Crippen LogP contribution in [0.15, 0.2) is 76.9 Å². The van der Waals surface area contributed by atoms with Crippen LogP contribution in [0.5, 0.6) is 0 Å². The molecule has 1 aliphatic heterocycles. The number of sulfonamides is 1. The Balaban J connectivity index is 1.41. The number of nitrogens with one attached hydrogen (secondary N) is 2. The van der Waals surface area contributed by atoms with E-state index in [1.54, 1.807) is 12.1 Å². The number of aliphatic imine (C=N–C) groups is 1. The van der Waals surface area contributed by atoms with Gasteiger partial charge in [0.1, 0.15) is 5.84 Å². The number of hydrogen-bond acceptors (Lipinski definition) is 6. The van der Waals surface area contributed by atoms with Gasteiger partial charge in [0.05, 0.1) is 10.5 Å². The molecular formula is C23H23N5O3S. The lowest BCUT2D eigenvalue weighted by atomic mass is 10.2. The Labute approximate surface area is 186 Å². The fraction of sp³-hybridized carbons (Fsp3) is 0.217. The van der Waals surface area contributed by atoms with Crippen molar-refractivity contribution in [1.82, 2.24) is 14.7 Å². The zero-order chi connectivity index (χ0) is 22.4. The van der Waals surface area contributed by atoms with Crippen LogP contribution < -0.4 is 10.0 Å².